The van der Waals surface area contributed by atoms with Crippen LogP contribution in [0.4, 0.5) is 10.8 Å². The minimum Gasteiger partial charge on any atom is -0.326 e. The Hall–Kier alpha value is -2.70. The number of hydrogen-bond donors (Lipinski definition) is 2. The monoisotopic (exact) mass is 371 g/mol. The number of halogens is 1. The van der Waals surface area contributed by atoms with Crippen molar-refractivity contribution in [3.8, 4) is 0 Å². The molecule has 0 saturated heterocycles. The third-order valence-electron chi connectivity index (χ3n) is 3.26. The van der Waals surface area contributed by atoms with Crippen molar-refractivity contribution in [3.05, 3.63) is 76.3 Å². The maximum absolute atomic E-state index is 12.1. The van der Waals surface area contributed by atoms with E-state index < -0.39 is 0 Å². The quantitative estimate of drug-likeness (QED) is 0.705. The number of aromatic nitrogens is 1. The van der Waals surface area contributed by atoms with Crippen LogP contribution in [0.1, 0.15) is 16.1 Å². The number of carbonyl (C=O) groups excluding carboxylic acids is 2. The molecule has 0 aliphatic rings. The van der Waals surface area contributed by atoms with Crippen LogP contribution in [0.3, 0.4) is 0 Å². The van der Waals surface area contributed by atoms with E-state index in [4.69, 9.17) is 11.6 Å². The first-order chi connectivity index (χ1) is 12.1. The third-order valence-corrected chi connectivity index (χ3v) is 4.30. The minimum absolute atomic E-state index is 0.115. The summed E-state index contributed by atoms with van der Waals surface area (Å²) < 4.78 is 0. The van der Waals surface area contributed by atoms with Gasteiger partial charge < -0.3 is 5.32 Å². The van der Waals surface area contributed by atoms with Crippen molar-refractivity contribution in [2.24, 2.45) is 0 Å². The van der Waals surface area contributed by atoms with Crippen molar-refractivity contribution >= 4 is 45.6 Å². The number of nitrogens with one attached hydrogen (secondary N) is 2. The number of anilines is 2. The summed E-state index contributed by atoms with van der Waals surface area (Å²) in [4.78, 5) is 28.4. The zero-order valence-corrected chi connectivity index (χ0v) is 14.6. The molecule has 1 heterocycles. The van der Waals surface area contributed by atoms with Crippen LogP contribution in [0.5, 0.6) is 0 Å². The van der Waals surface area contributed by atoms with Gasteiger partial charge in [-0.1, -0.05) is 35.9 Å². The first-order valence-electron chi connectivity index (χ1n) is 7.46. The second-order valence-corrected chi connectivity index (χ2v) is 6.49. The Morgan fingerprint density at radius 2 is 1.84 bits per heavy atom. The lowest BCUT2D eigenvalue weighted by Gasteiger charge is -2.04. The smallest absolute Gasteiger partial charge is 0.257 e. The van der Waals surface area contributed by atoms with Crippen molar-refractivity contribution in [2.45, 2.75) is 6.42 Å². The molecule has 1 aromatic heterocycles. The van der Waals surface area contributed by atoms with Crippen LogP contribution >= 0.6 is 22.9 Å². The van der Waals surface area contributed by atoms with Crippen molar-refractivity contribution in [2.75, 3.05) is 10.6 Å². The maximum atomic E-state index is 12.1. The molecule has 0 unspecified atom stereocenters. The molecule has 2 N–H and O–H groups in total. The Bertz CT molecular complexity index is 896. The van der Waals surface area contributed by atoms with Gasteiger partial charge in [-0.15, -0.1) is 11.3 Å². The van der Waals surface area contributed by atoms with Gasteiger partial charge in [0.1, 0.15) is 0 Å². The topological polar surface area (TPSA) is 71.1 Å². The predicted molar refractivity (Wildman–Crippen MR) is 100 cm³/mol. The summed E-state index contributed by atoms with van der Waals surface area (Å²) in [6.45, 7) is 0. The van der Waals surface area contributed by atoms with E-state index in [1.165, 1.54) is 11.3 Å². The number of benzene rings is 2. The van der Waals surface area contributed by atoms with Crippen LogP contribution in [0, 0.1) is 0 Å². The van der Waals surface area contributed by atoms with E-state index in [1.54, 1.807) is 53.9 Å². The molecule has 25 heavy (non-hydrogen) atoms. The van der Waals surface area contributed by atoms with Gasteiger partial charge in [0.15, 0.2) is 5.13 Å². The molecule has 2 amide bonds. The van der Waals surface area contributed by atoms with E-state index in [2.05, 4.69) is 15.6 Å². The lowest BCUT2D eigenvalue weighted by Crippen LogP contribution is -2.15. The van der Waals surface area contributed by atoms with Crippen molar-refractivity contribution in [1.29, 1.82) is 0 Å². The Labute approximate surface area is 153 Å². The van der Waals surface area contributed by atoms with Crippen molar-refractivity contribution in [3.63, 3.8) is 0 Å². The van der Waals surface area contributed by atoms with Gasteiger partial charge in [0.25, 0.3) is 5.91 Å². The Morgan fingerprint density at radius 3 is 2.60 bits per heavy atom. The third kappa shape index (κ3) is 4.89. The first kappa shape index (κ1) is 17.1. The van der Waals surface area contributed by atoms with E-state index in [0.717, 1.165) is 0 Å². The SMILES string of the molecule is O=C(Cc1csc(NC(=O)c2ccccc2)n1)Nc1cccc(Cl)c1. The molecular weight excluding hydrogens is 358 g/mol. The largest absolute Gasteiger partial charge is 0.326 e. The molecule has 126 valence electrons. The van der Waals surface area contributed by atoms with Gasteiger partial charge in [0.2, 0.25) is 5.91 Å². The summed E-state index contributed by atoms with van der Waals surface area (Å²) in [5, 5.41) is 8.25. The highest BCUT2D eigenvalue weighted by Gasteiger charge is 2.11. The molecule has 7 heteroatoms. The zero-order valence-electron chi connectivity index (χ0n) is 13.0. The summed E-state index contributed by atoms with van der Waals surface area (Å²) in [5.41, 5.74) is 1.77. The van der Waals surface area contributed by atoms with Gasteiger partial charge in [-0.05, 0) is 30.3 Å². The van der Waals surface area contributed by atoms with E-state index in [1.807, 2.05) is 6.07 Å². The van der Waals surface area contributed by atoms with Crippen molar-refractivity contribution in [1.82, 2.24) is 4.98 Å². The van der Waals surface area contributed by atoms with Crippen LogP contribution in [-0.4, -0.2) is 16.8 Å². The molecule has 0 radical (unpaired) electrons. The molecule has 0 bridgehead atoms. The number of rotatable bonds is 5. The standard InChI is InChI=1S/C18H14ClN3O2S/c19-13-7-4-8-14(9-13)20-16(23)10-15-11-25-18(21-15)22-17(24)12-5-2-1-3-6-12/h1-9,11H,10H2,(H,20,23)(H,21,22,24). The number of nitrogens with zero attached hydrogens (tertiary/aromatic N) is 1. The van der Waals surface area contributed by atoms with Gasteiger partial charge in [-0.3, -0.25) is 14.9 Å². The number of thiazole rings is 1. The van der Waals surface area contributed by atoms with Crippen molar-refractivity contribution < 1.29 is 9.59 Å². The lowest BCUT2D eigenvalue weighted by atomic mass is 10.2. The summed E-state index contributed by atoms with van der Waals surface area (Å²) in [6, 6.07) is 15.8. The van der Waals surface area contributed by atoms with Crippen LogP contribution in [0.15, 0.2) is 60.0 Å². The van der Waals surface area contributed by atoms with E-state index in [9.17, 15) is 9.59 Å². The molecule has 3 rings (SSSR count). The molecule has 3 aromatic rings. The highest BCUT2D eigenvalue weighted by atomic mass is 35.5. The molecule has 0 fully saturated rings. The summed E-state index contributed by atoms with van der Waals surface area (Å²) in [5.74, 6) is -0.432. The lowest BCUT2D eigenvalue weighted by molar-refractivity contribution is -0.115. The summed E-state index contributed by atoms with van der Waals surface area (Å²) in [7, 11) is 0. The Morgan fingerprint density at radius 1 is 1.04 bits per heavy atom. The average Bonchev–Trinajstić information content (AvgIpc) is 3.02. The van der Waals surface area contributed by atoms with E-state index >= 15 is 0 Å². The zero-order chi connectivity index (χ0) is 17.6. The van der Waals surface area contributed by atoms with Gasteiger partial charge >= 0.3 is 0 Å². The Balaban J connectivity index is 1.58. The van der Waals surface area contributed by atoms with Gasteiger partial charge in [0, 0.05) is 21.7 Å². The van der Waals surface area contributed by atoms with Gasteiger partial charge in [-0.2, -0.15) is 0 Å². The van der Waals surface area contributed by atoms with Crippen LogP contribution in [-0.2, 0) is 11.2 Å². The molecule has 0 aliphatic heterocycles. The minimum atomic E-state index is -0.232. The van der Waals surface area contributed by atoms with E-state index in [-0.39, 0.29) is 18.2 Å². The average molecular weight is 372 g/mol. The Kier molecular flexibility index (Phi) is 5.42. The molecule has 2 aromatic carbocycles. The normalized spacial score (nSPS) is 10.3. The predicted octanol–water partition coefficient (Wildman–Crippen LogP) is 4.23. The fourth-order valence-corrected chi connectivity index (χ4v) is 3.04. The van der Waals surface area contributed by atoms with Gasteiger partial charge in [0.05, 0.1) is 12.1 Å². The number of hydrogen-bond acceptors (Lipinski definition) is 4. The maximum Gasteiger partial charge on any atom is 0.257 e. The molecule has 0 aliphatic carbocycles. The second-order valence-electron chi connectivity index (χ2n) is 5.20. The fourth-order valence-electron chi connectivity index (χ4n) is 2.14. The fraction of sp³-hybridized carbons (Fsp3) is 0.0556. The molecule has 0 spiro atoms. The van der Waals surface area contributed by atoms with E-state index in [0.29, 0.717) is 27.1 Å². The second kappa shape index (κ2) is 7.92. The first-order valence-corrected chi connectivity index (χ1v) is 8.72. The number of carbonyl (C=O) groups is 2. The number of amides is 2. The molecule has 5 nitrogen and oxygen atoms in total. The highest BCUT2D eigenvalue weighted by Crippen LogP contribution is 2.18. The summed E-state index contributed by atoms with van der Waals surface area (Å²) in [6.07, 6.45) is 0.115. The summed E-state index contributed by atoms with van der Waals surface area (Å²) >= 11 is 7.17. The molecule has 0 saturated carbocycles. The van der Waals surface area contributed by atoms with Crippen LogP contribution in [0.2, 0.25) is 5.02 Å². The van der Waals surface area contributed by atoms with Gasteiger partial charge in [-0.25, -0.2) is 4.98 Å². The van der Waals surface area contributed by atoms with Crippen LogP contribution < -0.4 is 10.6 Å². The molecule has 0 atom stereocenters. The highest BCUT2D eigenvalue weighted by molar-refractivity contribution is 7.14. The van der Waals surface area contributed by atoms with Crippen LogP contribution in [0.25, 0.3) is 0 Å². The molecular formula is C18H14ClN3O2S.